The number of carbonyl (C=O) groups is 2. The molecule has 10 nitrogen and oxygen atoms in total. The summed E-state index contributed by atoms with van der Waals surface area (Å²) in [4.78, 5) is 33.5. The number of likely N-dealkylation sites (tertiary alicyclic amines) is 1. The number of imidazole rings is 1. The van der Waals surface area contributed by atoms with Crippen LogP contribution in [0, 0.1) is 24.5 Å². The fraction of sp³-hybridized carbons (Fsp3) is 0.406. The highest BCUT2D eigenvalue weighted by molar-refractivity contribution is 5.92. The van der Waals surface area contributed by atoms with Gasteiger partial charge in [0.1, 0.15) is 11.6 Å². The molecule has 0 unspecified atom stereocenters. The summed E-state index contributed by atoms with van der Waals surface area (Å²) in [5, 5.41) is 12.8. The van der Waals surface area contributed by atoms with Crippen molar-refractivity contribution in [2.45, 2.75) is 32.2 Å². The number of anilines is 2. The largest absolute Gasteiger partial charge is 0.512 e. The van der Waals surface area contributed by atoms with Gasteiger partial charge in [0.15, 0.2) is 0 Å². The van der Waals surface area contributed by atoms with Crippen LogP contribution in [0.2, 0.25) is 0 Å². The number of nitrogens with one attached hydrogen (secondary N) is 1. The van der Waals surface area contributed by atoms with Gasteiger partial charge in [0.05, 0.1) is 31.4 Å². The van der Waals surface area contributed by atoms with E-state index in [1.165, 1.54) is 12.1 Å². The molecule has 2 atom stereocenters. The highest BCUT2D eigenvalue weighted by atomic mass is 19.1. The topological polar surface area (TPSA) is 126 Å². The van der Waals surface area contributed by atoms with Gasteiger partial charge in [0.2, 0.25) is 17.8 Å². The number of hydrogen-bond acceptors (Lipinski definition) is 7. The van der Waals surface area contributed by atoms with Crippen LogP contribution in [-0.4, -0.2) is 77.3 Å². The summed E-state index contributed by atoms with van der Waals surface area (Å²) >= 11 is 0. The van der Waals surface area contributed by atoms with Gasteiger partial charge < -0.3 is 29.9 Å². The van der Waals surface area contributed by atoms with E-state index in [0.717, 1.165) is 42.0 Å². The number of aliphatic hydroxyl groups is 1. The number of carbonyl (C=O) groups excluding carboxylic acids is 2. The number of aliphatic hydroxyl groups excluding tert-OH is 1. The Balaban J connectivity index is 1.32. The number of nitrogens with two attached hydrogens (primary N) is 1. The number of morpholine rings is 1. The molecule has 4 N–H and O–H groups in total. The van der Waals surface area contributed by atoms with E-state index < -0.39 is 29.4 Å². The lowest BCUT2D eigenvalue weighted by atomic mass is 9.88. The van der Waals surface area contributed by atoms with Crippen LogP contribution in [-0.2, 0) is 20.9 Å². The SMILES string of the molecule is Cc1ccc(Cn2ccnc2NC(=O)[C@@H]2CN(CCC/C(O)=C/C(N)=O)C[C@H]2c2ccc(F)cc2F)c(N2CCOCC2)c1. The summed E-state index contributed by atoms with van der Waals surface area (Å²) in [6.45, 7) is 6.65. The molecule has 5 rings (SSSR count). The van der Waals surface area contributed by atoms with E-state index in [2.05, 4.69) is 40.3 Å². The van der Waals surface area contributed by atoms with Gasteiger partial charge in [0.25, 0.3) is 0 Å². The Morgan fingerprint density at radius 1 is 1.16 bits per heavy atom. The minimum Gasteiger partial charge on any atom is -0.512 e. The van der Waals surface area contributed by atoms with Gasteiger partial charge in [-0.25, -0.2) is 13.8 Å². The fourth-order valence-corrected chi connectivity index (χ4v) is 6.02. The van der Waals surface area contributed by atoms with E-state index >= 15 is 0 Å². The van der Waals surface area contributed by atoms with Crippen molar-refractivity contribution >= 4 is 23.5 Å². The van der Waals surface area contributed by atoms with Crippen LogP contribution in [0.15, 0.2) is 60.6 Å². The highest BCUT2D eigenvalue weighted by Crippen LogP contribution is 2.35. The van der Waals surface area contributed by atoms with Crippen molar-refractivity contribution < 1.29 is 28.2 Å². The Morgan fingerprint density at radius 2 is 1.95 bits per heavy atom. The van der Waals surface area contributed by atoms with Crippen molar-refractivity contribution in [3.63, 3.8) is 0 Å². The monoisotopic (exact) mass is 608 g/mol. The zero-order valence-electron chi connectivity index (χ0n) is 24.7. The predicted molar refractivity (Wildman–Crippen MR) is 162 cm³/mol. The number of aromatic nitrogens is 2. The van der Waals surface area contributed by atoms with Crippen LogP contribution in [0.25, 0.3) is 0 Å². The Hall–Kier alpha value is -4.29. The van der Waals surface area contributed by atoms with Gasteiger partial charge in [-0.3, -0.25) is 14.9 Å². The van der Waals surface area contributed by atoms with E-state index in [9.17, 15) is 23.5 Å². The molecule has 2 amide bonds. The molecule has 2 fully saturated rings. The number of ether oxygens (including phenoxy) is 1. The molecule has 234 valence electrons. The summed E-state index contributed by atoms with van der Waals surface area (Å²) < 4.78 is 36.1. The van der Waals surface area contributed by atoms with E-state index in [4.69, 9.17) is 10.5 Å². The first-order chi connectivity index (χ1) is 21.2. The number of rotatable bonds is 11. The van der Waals surface area contributed by atoms with Gasteiger partial charge in [0, 0.05) is 68.7 Å². The molecular formula is C32H38F2N6O4. The van der Waals surface area contributed by atoms with Crippen molar-refractivity contribution in [3.8, 4) is 0 Å². The lowest BCUT2D eigenvalue weighted by Gasteiger charge is -2.31. The van der Waals surface area contributed by atoms with E-state index in [1.807, 2.05) is 15.7 Å². The first-order valence-electron chi connectivity index (χ1n) is 14.8. The van der Waals surface area contributed by atoms with Crippen molar-refractivity contribution in [3.05, 3.63) is 89.0 Å². The number of allylic oxidation sites excluding steroid dienone is 1. The molecule has 1 aromatic heterocycles. The number of nitrogens with zero attached hydrogens (tertiary/aromatic N) is 4. The van der Waals surface area contributed by atoms with Crippen LogP contribution >= 0.6 is 0 Å². The van der Waals surface area contributed by atoms with Crippen LogP contribution in [0.4, 0.5) is 20.4 Å². The van der Waals surface area contributed by atoms with E-state index in [1.54, 1.807) is 6.20 Å². The van der Waals surface area contributed by atoms with Gasteiger partial charge in [-0.05, 0) is 48.7 Å². The number of primary amides is 1. The lowest BCUT2D eigenvalue weighted by molar-refractivity contribution is -0.120. The zero-order valence-corrected chi connectivity index (χ0v) is 24.7. The third-order valence-corrected chi connectivity index (χ3v) is 8.19. The zero-order chi connectivity index (χ0) is 31.2. The normalized spacial score (nSPS) is 19.3. The molecule has 0 radical (unpaired) electrons. The molecule has 2 aliphatic heterocycles. The van der Waals surface area contributed by atoms with Crippen LogP contribution in [0.3, 0.4) is 0 Å². The molecule has 0 spiro atoms. The van der Waals surface area contributed by atoms with Crippen molar-refractivity contribution in [1.29, 1.82) is 0 Å². The molecule has 2 saturated heterocycles. The predicted octanol–water partition coefficient (Wildman–Crippen LogP) is 3.72. The minimum absolute atomic E-state index is 0.121. The first kappa shape index (κ1) is 31.1. The number of benzene rings is 2. The van der Waals surface area contributed by atoms with Gasteiger partial charge in [-0.1, -0.05) is 18.2 Å². The Kier molecular flexibility index (Phi) is 9.91. The Bertz CT molecular complexity index is 1520. The number of amides is 2. The maximum Gasteiger partial charge on any atom is 0.244 e. The molecular weight excluding hydrogens is 570 g/mol. The standard InChI is InChI=1S/C32H38F2N6O4/c1-21-4-5-22(29(15-21)39-11-13-44-14-12-39)18-40-10-8-36-32(40)37-31(43)27-20-38(9-2-3-24(41)17-30(35)42)19-26(27)25-7-6-23(33)16-28(25)34/h4-8,10,15-17,26-27,41H,2-3,9,11-14,18-20H2,1H3,(H2,35,42)(H,36,37,43)/b24-17-/t26-,27+/m0/s1. The summed E-state index contributed by atoms with van der Waals surface area (Å²) in [5.41, 5.74) is 8.72. The Labute approximate surface area is 255 Å². The second-order valence-electron chi connectivity index (χ2n) is 11.4. The highest BCUT2D eigenvalue weighted by Gasteiger charge is 2.40. The average Bonchev–Trinajstić information content (AvgIpc) is 3.61. The molecule has 3 heterocycles. The number of aryl methyl sites for hydroxylation is 1. The van der Waals surface area contributed by atoms with Crippen molar-refractivity contribution in [2.24, 2.45) is 11.7 Å². The van der Waals surface area contributed by atoms with Crippen molar-refractivity contribution in [2.75, 3.05) is 56.2 Å². The lowest BCUT2D eigenvalue weighted by Crippen LogP contribution is -2.37. The van der Waals surface area contributed by atoms with Gasteiger partial charge in [-0.15, -0.1) is 0 Å². The first-order valence-corrected chi connectivity index (χ1v) is 14.8. The van der Waals surface area contributed by atoms with Crippen molar-refractivity contribution in [1.82, 2.24) is 14.5 Å². The minimum atomic E-state index is -0.731. The van der Waals surface area contributed by atoms with Gasteiger partial charge >= 0.3 is 0 Å². The number of hydrogen-bond donors (Lipinski definition) is 3. The van der Waals surface area contributed by atoms with E-state index in [0.29, 0.717) is 51.8 Å². The molecule has 0 bridgehead atoms. The quantitative estimate of drug-likeness (QED) is 0.224. The molecule has 2 aromatic carbocycles. The molecule has 44 heavy (non-hydrogen) atoms. The smallest absolute Gasteiger partial charge is 0.244 e. The summed E-state index contributed by atoms with van der Waals surface area (Å²) in [7, 11) is 0. The van der Waals surface area contributed by atoms with Crippen LogP contribution in [0.5, 0.6) is 0 Å². The molecule has 12 heteroatoms. The third kappa shape index (κ3) is 7.61. The maximum absolute atomic E-state index is 14.9. The number of halogens is 2. The summed E-state index contributed by atoms with van der Waals surface area (Å²) in [5.74, 6) is -3.35. The molecule has 2 aliphatic rings. The van der Waals surface area contributed by atoms with E-state index in [-0.39, 0.29) is 23.7 Å². The third-order valence-electron chi connectivity index (χ3n) is 8.19. The van der Waals surface area contributed by atoms with Gasteiger partial charge in [-0.2, -0.15) is 0 Å². The second-order valence-corrected chi connectivity index (χ2v) is 11.4. The Morgan fingerprint density at radius 3 is 2.70 bits per heavy atom. The molecule has 0 aliphatic carbocycles. The fourth-order valence-electron chi connectivity index (χ4n) is 6.02. The van der Waals surface area contributed by atoms with Crippen LogP contribution < -0.4 is 16.0 Å². The van der Waals surface area contributed by atoms with Crippen LogP contribution in [0.1, 0.15) is 35.4 Å². The summed E-state index contributed by atoms with van der Waals surface area (Å²) in [6.07, 6.45) is 5.13. The second kappa shape index (κ2) is 14.0. The maximum atomic E-state index is 14.9. The average molecular weight is 609 g/mol. The molecule has 3 aromatic rings. The summed E-state index contributed by atoms with van der Waals surface area (Å²) in [6, 6.07) is 9.74. The molecule has 0 saturated carbocycles.